The van der Waals surface area contributed by atoms with Gasteiger partial charge in [-0.15, -0.1) is 0 Å². The Labute approximate surface area is 279 Å². The van der Waals surface area contributed by atoms with Gasteiger partial charge in [0.15, 0.2) is 0 Å². The minimum Gasteiger partial charge on any atom is -0.334 e. The highest BCUT2D eigenvalue weighted by molar-refractivity contribution is 5.84. The van der Waals surface area contributed by atoms with Crippen LogP contribution in [0.2, 0.25) is 0 Å². The van der Waals surface area contributed by atoms with Crippen LogP contribution in [0.3, 0.4) is 0 Å². The fourth-order valence-electron chi connectivity index (χ4n) is 8.06. The molecule has 1 aliphatic carbocycles. The number of hydrogen-bond donors (Lipinski definition) is 0. The third-order valence-electron chi connectivity index (χ3n) is 11.2. The van der Waals surface area contributed by atoms with Gasteiger partial charge in [0.1, 0.15) is 0 Å². The van der Waals surface area contributed by atoms with Crippen LogP contribution in [-0.4, -0.2) is 5.54 Å². The third kappa shape index (κ3) is 5.46. The van der Waals surface area contributed by atoms with E-state index in [0.29, 0.717) is 0 Å². The van der Waals surface area contributed by atoms with Gasteiger partial charge < -0.3 is 9.80 Å². The SMILES string of the molecule is CC(C)(C)c1cccc(N(c2cccc(C(C)(C)C)c2)c2cc(N3c4ccccc4C4(C)CCCCC34C)cc(C(C)(C)C)c2)c1. The summed E-state index contributed by atoms with van der Waals surface area (Å²) in [4.78, 5) is 5.24. The summed E-state index contributed by atoms with van der Waals surface area (Å²) < 4.78 is 0. The van der Waals surface area contributed by atoms with Crippen LogP contribution < -0.4 is 9.80 Å². The minimum absolute atomic E-state index is 0.00580. The van der Waals surface area contributed by atoms with Crippen molar-refractivity contribution in [2.45, 2.75) is 129 Å². The van der Waals surface area contributed by atoms with Crippen molar-refractivity contribution in [3.05, 3.63) is 113 Å². The van der Waals surface area contributed by atoms with E-state index in [1.165, 1.54) is 76.4 Å². The van der Waals surface area contributed by atoms with Crippen molar-refractivity contribution in [2.75, 3.05) is 9.80 Å². The van der Waals surface area contributed by atoms with E-state index in [2.05, 4.69) is 177 Å². The topological polar surface area (TPSA) is 6.48 Å². The molecule has 6 rings (SSSR count). The van der Waals surface area contributed by atoms with Crippen molar-refractivity contribution in [3.63, 3.8) is 0 Å². The van der Waals surface area contributed by atoms with E-state index in [1.54, 1.807) is 0 Å². The molecule has 0 amide bonds. The van der Waals surface area contributed by atoms with Crippen molar-refractivity contribution >= 4 is 28.4 Å². The third-order valence-corrected chi connectivity index (χ3v) is 11.2. The molecule has 242 valence electrons. The van der Waals surface area contributed by atoms with Crippen molar-refractivity contribution < 1.29 is 0 Å². The van der Waals surface area contributed by atoms with Gasteiger partial charge in [-0.3, -0.25) is 0 Å². The highest BCUT2D eigenvalue weighted by Gasteiger charge is 2.57. The zero-order valence-corrected chi connectivity index (χ0v) is 30.4. The van der Waals surface area contributed by atoms with Crippen LogP contribution in [0.15, 0.2) is 91.0 Å². The first kappa shape index (κ1) is 32.4. The maximum atomic E-state index is 2.73. The molecule has 0 saturated heterocycles. The van der Waals surface area contributed by atoms with Gasteiger partial charge in [0.2, 0.25) is 0 Å². The summed E-state index contributed by atoms with van der Waals surface area (Å²) in [5.74, 6) is 0. The Balaban J connectivity index is 1.63. The average molecular weight is 613 g/mol. The predicted molar refractivity (Wildman–Crippen MR) is 200 cm³/mol. The lowest BCUT2D eigenvalue weighted by atomic mass is 9.61. The second-order valence-electron chi connectivity index (χ2n) is 17.6. The largest absolute Gasteiger partial charge is 0.334 e. The standard InChI is InChI=1S/C44H56N2/c1-40(2,3)31-18-16-20-34(26-31)45(35-21-17-19-32(27-35)41(4,5)6)36-28-33(42(7,8)9)29-37(30-36)46-39-23-13-12-22-38(39)43(10)24-14-15-25-44(43,46)11/h12-13,16-23,26-30H,14-15,24-25H2,1-11H3. The normalized spacial score (nSPS) is 21.6. The molecule has 1 heterocycles. The summed E-state index contributed by atoms with van der Waals surface area (Å²) in [6.45, 7) is 26.0. The molecule has 0 N–H and O–H groups in total. The van der Waals surface area contributed by atoms with Gasteiger partial charge in [0.25, 0.3) is 0 Å². The van der Waals surface area contributed by atoms with Crippen LogP contribution >= 0.6 is 0 Å². The van der Waals surface area contributed by atoms with Gasteiger partial charge in [-0.1, -0.05) is 125 Å². The summed E-state index contributed by atoms with van der Waals surface area (Å²) in [5.41, 5.74) is 12.0. The summed E-state index contributed by atoms with van der Waals surface area (Å²) in [5, 5.41) is 0. The Morgan fingerprint density at radius 3 is 1.63 bits per heavy atom. The lowest BCUT2D eigenvalue weighted by Crippen LogP contribution is -2.54. The zero-order valence-electron chi connectivity index (χ0n) is 30.4. The number of nitrogens with zero attached hydrogens (tertiary/aromatic N) is 2. The molecule has 0 radical (unpaired) electrons. The molecule has 46 heavy (non-hydrogen) atoms. The van der Waals surface area contributed by atoms with Crippen LogP contribution in [0.4, 0.5) is 28.4 Å². The summed E-state index contributed by atoms with van der Waals surface area (Å²) in [7, 11) is 0. The van der Waals surface area contributed by atoms with E-state index in [0.717, 1.165) is 0 Å². The first-order valence-corrected chi connectivity index (χ1v) is 17.5. The predicted octanol–water partition coefficient (Wildman–Crippen LogP) is 12.8. The first-order chi connectivity index (χ1) is 21.4. The summed E-state index contributed by atoms with van der Waals surface area (Å²) in [6, 6.07) is 35.0. The summed E-state index contributed by atoms with van der Waals surface area (Å²) >= 11 is 0. The van der Waals surface area contributed by atoms with Gasteiger partial charge in [-0.05, 0) is 107 Å². The molecule has 2 nitrogen and oxygen atoms in total. The Morgan fingerprint density at radius 2 is 1.07 bits per heavy atom. The number of anilines is 5. The maximum Gasteiger partial charge on any atom is 0.0517 e. The molecule has 0 spiro atoms. The fraction of sp³-hybridized carbons (Fsp3) is 0.455. The molecule has 2 aliphatic rings. The van der Waals surface area contributed by atoms with E-state index in [4.69, 9.17) is 0 Å². The van der Waals surface area contributed by atoms with E-state index in [1.807, 2.05) is 0 Å². The van der Waals surface area contributed by atoms with Gasteiger partial charge in [-0.25, -0.2) is 0 Å². The zero-order chi connectivity index (χ0) is 33.3. The molecule has 0 bridgehead atoms. The second-order valence-corrected chi connectivity index (χ2v) is 17.6. The van der Waals surface area contributed by atoms with E-state index in [9.17, 15) is 0 Å². The van der Waals surface area contributed by atoms with E-state index < -0.39 is 0 Å². The number of rotatable bonds is 4. The van der Waals surface area contributed by atoms with Crippen LogP contribution in [0.1, 0.15) is 124 Å². The summed E-state index contributed by atoms with van der Waals surface area (Å²) in [6.07, 6.45) is 4.99. The Bertz CT molecular complexity index is 1690. The lowest BCUT2D eigenvalue weighted by Gasteiger charge is -2.50. The van der Waals surface area contributed by atoms with Crippen LogP contribution in [0, 0.1) is 0 Å². The molecule has 4 aromatic carbocycles. The van der Waals surface area contributed by atoms with Crippen molar-refractivity contribution in [2.24, 2.45) is 0 Å². The first-order valence-electron chi connectivity index (χ1n) is 17.5. The van der Waals surface area contributed by atoms with Gasteiger partial charge >= 0.3 is 0 Å². The average Bonchev–Trinajstić information content (AvgIpc) is 3.20. The minimum atomic E-state index is -0.0209. The smallest absolute Gasteiger partial charge is 0.0517 e. The van der Waals surface area contributed by atoms with Gasteiger partial charge in [0, 0.05) is 33.9 Å². The Morgan fingerprint density at radius 1 is 0.543 bits per heavy atom. The molecule has 1 saturated carbocycles. The van der Waals surface area contributed by atoms with Crippen LogP contribution in [-0.2, 0) is 21.7 Å². The highest BCUT2D eigenvalue weighted by atomic mass is 15.3. The van der Waals surface area contributed by atoms with Gasteiger partial charge in [0.05, 0.1) is 5.54 Å². The fourth-order valence-corrected chi connectivity index (χ4v) is 8.06. The molecule has 1 aliphatic heterocycles. The molecular formula is C44H56N2. The molecule has 1 fully saturated rings. The van der Waals surface area contributed by atoms with Crippen molar-refractivity contribution in [3.8, 4) is 0 Å². The van der Waals surface area contributed by atoms with Gasteiger partial charge in [-0.2, -0.15) is 0 Å². The van der Waals surface area contributed by atoms with E-state index >= 15 is 0 Å². The monoisotopic (exact) mass is 612 g/mol. The quantitative estimate of drug-likeness (QED) is 0.226. The molecule has 2 unspecified atom stereocenters. The number of para-hydroxylation sites is 1. The van der Waals surface area contributed by atoms with Crippen molar-refractivity contribution in [1.29, 1.82) is 0 Å². The molecule has 0 aromatic heterocycles. The maximum absolute atomic E-state index is 2.73. The van der Waals surface area contributed by atoms with E-state index in [-0.39, 0.29) is 27.2 Å². The molecule has 2 heteroatoms. The van der Waals surface area contributed by atoms with Crippen LogP contribution in [0.5, 0.6) is 0 Å². The lowest BCUT2D eigenvalue weighted by molar-refractivity contribution is 0.195. The second kappa shape index (κ2) is 11.0. The van der Waals surface area contributed by atoms with Crippen molar-refractivity contribution in [1.82, 2.24) is 0 Å². The highest BCUT2D eigenvalue weighted by Crippen LogP contribution is 2.61. The number of fused-ring (bicyclic) bond motifs is 3. The number of benzene rings is 4. The Hall–Kier alpha value is -3.52. The molecule has 2 atom stereocenters. The molecule has 4 aromatic rings. The Kier molecular flexibility index (Phi) is 7.78. The van der Waals surface area contributed by atoms with Crippen LogP contribution in [0.25, 0.3) is 0 Å². The number of hydrogen-bond acceptors (Lipinski definition) is 2. The molecular weight excluding hydrogens is 556 g/mol.